The maximum atomic E-state index is 13.5. The predicted octanol–water partition coefficient (Wildman–Crippen LogP) is 3.43. The first-order valence-corrected chi connectivity index (χ1v) is 12.8. The SMILES string of the molecule is Cc1ccc(-c2noc([C@H](C)N3CCN(CN4C(=O)NC5(C4=O)[C@@H](C)CCC[C@@H]5C)CC3)n2)cc1. The molecular weight excluding hydrogens is 444 g/mol. The normalized spacial score (nSPS) is 26.3. The fraction of sp³-hybridized carbons (Fsp3) is 0.615. The first-order chi connectivity index (χ1) is 16.8. The van der Waals surface area contributed by atoms with E-state index in [1.165, 1.54) is 10.5 Å². The third kappa shape index (κ3) is 4.25. The van der Waals surface area contributed by atoms with Crippen molar-refractivity contribution < 1.29 is 14.1 Å². The molecule has 0 radical (unpaired) electrons. The monoisotopic (exact) mass is 480 g/mol. The number of nitrogens with zero attached hydrogens (tertiary/aromatic N) is 5. The second-order valence-corrected chi connectivity index (χ2v) is 10.6. The number of imide groups is 1. The lowest BCUT2D eigenvalue weighted by Crippen LogP contribution is -2.59. The van der Waals surface area contributed by atoms with Gasteiger partial charge in [0.05, 0.1) is 12.7 Å². The molecule has 1 aliphatic carbocycles. The van der Waals surface area contributed by atoms with E-state index in [4.69, 9.17) is 4.52 Å². The number of rotatable bonds is 5. The molecule has 35 heavy (non-hydrogen) atoms. The Morgan fingerprint density at radius 1 is 1.09 bits per heavy atom. The molecule has 188 valence electrons. The van der Waals surface area contributed by atoms with Gasteiger partial charge in [0.25, 0.3) is 5.91 Å². The van der Waals surface area contributed by atoms with E-state index >= 15 is 0 Å². The van der Waals surface area contributed by atoms with Crippen LogP contribution in [-0.2, 0) is 4.79 Å². The second kappa shape index (κ2) is 9.35. The van der Waals surface area contributed by atoms with Gasteiger partial charge in [0.1, 0.15) is 5.54 Å². The van der Waals surface area contributed by atoms with Crippen molar-refractivity contribution in [2.24, 2.45) is 11.8 Å². The molecule has 3 amide bonds. The number of nitrogens with one attached hydrogen (secondary N) is 1. The van der Waals surface area contributed by atoms with Crippen molar-refractivity contribution in [1.29, 1.82) is 0 Å². The fourth-order valence-electron chi connectivity index (χ4n) is 5.95. The lowest BCUT2D eigenvalue weighted by atomic mass is 9.67. The highest BCUT2D eigenvalue weighted by molar-refractivity contribution is 6.07. The van der Waals surface area contributed by atoms with Crippen LogP contribution in [0.25, 0.3) is 11.4 Å². The summed E-state index contributed by atoms with van der Waals surface area (Å²) in [6, 6.07) is 7.83. The van der Waals surface area contributed by atoms with E-state index in [9.17, 15) is 9.59 Å². The zero-order valence-electron chi connectivity index (χ0n) is 21.2. The first kappa shape index (κ1) is 23.9. The van der Waals surface area contributed by atoms with Crippen molar-refractivity contribution in [3.8, 4) is 11.4 Å². The van der Waals surface area contributed by atoms with Crippen molar-refractivity contribution in [2.45, 2.75) is 58.5 Å². The van der Waals surface area contributed by atoms with Crippen LogP contribution in [0.15, 0.2) is 28.8 Å². The summed E-state index contributed by atoms with van der Waals surface area (Å²) in [7, 11) is 0. The van der Waals surface area contributed by atoms with Crippen molar-refractivity contribution in [3.63, 3.8) is 0 Å². The van der Waals surface area contributed by atoms with E-state index in [1.54, 1.807) is 0 Å². The largest absolute Gasteiger partial charge is 0.337 e. The summed E-state index contributed by atoms with van der Waals surface area (Å²) >= 11 is 0. The minimum absolute atomic E-state index is 0.00669. The number of carbonyl (C=O) groups excluding carboxylic acids is 2. The Morgan fingerprint density at radius 3 is 2.40 bits per heavy atom. The molecule has 1 spiro atoms. The molecule has 2 aromatic rings. The van der Waals surface area contributed by atoms with Crippen molar-refractivity contribution >= 4 is 11.9 Å². The average Bonchev–Trinajstić information content (AvgIpc) is 3.43. The highest BCUT2D eigenvalue weighted by Gasteiger charge is 2.58. The maximum Gasteiger partial charge on any atom is 0.326 e. The number of aromatic nitrogens is 2. The Kier molecular flexibility index (Phi) is 6.40. The van der Waals surface area contributed by atoms with Crippen LogP contribution in [0, 0.1) is 18.8 Å². The number of carbonyl (C=O) groups is 2. The van der Waals surface area contributed by atoms with Crippen LogP contribution in [-0.4, -0.2) is 75.2 Å². The van der Waals surface area contributed by atoms with E-state index in [0.29, 0.717) is 18.4 Å². The molecule has 1 saturated carbocycles. The quantitative estimate of drug-likeness (QED) is 0.655. The van der Waals surface area contributed by atoms with Crippen molar-refractivity contribution in [3.05, 3.63) is 35.7 Å². The topological polar surface area (TPSA) is 94.8 Å². The van der Waals surface area contributed by atoms with Crippen molar-refractivity contribution in [2.75, 3.05) is 32.8 Å². The molecule has 3 atom stereocenters. The van der Waals surface area contributed by atoms with Gasteiger partial charge in [0.2, 0.25) is 11.7 Å². The van der Waals surface area contributed by atoms with Crippen LogP contribution in [0.4, 0.5) is 4.79 Å². The number of amides is 3. The summed E-state index contributed by atoms with van der Waals surface area (Å²) < 4.78 is 5.59. The minimum atomic E-state index is -0.737. The Labute approximate surface area is 206 Å². The van der Waals surface area contributed by atoms with Gasteiger partial charge < -0.3 is 9.84 Å². The molecule has 9 heteroatoms. The van der Waals surface area contributed by atoms with Gasteiger partial charge in [-0.15, -0.1) is 0 Å². The number of benzene rings is 1. The smallest absolute Gasteiger partial charge is 0.326 e. The summed E-state index contributed by atoms with van der Waals surface area (Å²) in [6.45, 7) is 11.8. The Balaban J connectivity index is 1.18. The van der Waals surface area contributed by atoms with Crippen LogP contribution >= 0.6 is 0 Å². The van der Waals surface area contributed by atoms with Gasteiger partial charge in [0, 0.05) is 31.7 Å². The number of piperazine rings is 1. The average molecular weight is 481 g/mol. The highest BCUT2D eigenvalue weighted by Crippen LogP contribution is 2.42. The van der Waals surface area contributed by atoms with Crippen molar-refractivity contribution in [1.82, 2.24) is 30.2 Å². The standard InChI is InChI=1S/C26H36N6O3/c1-17-8-10-21(11-9-17)22-27-23(35-29-22)20(4)31-14-12-30(13-15-31)16-32-24(33)26(28-25(32)34)18(2)6-5-7-19(26)3/h8-11,18-20H,5-7,12-16H2,1-4H3,(H,28,34)/t18-,19-,20-/m0/s1. The molecule has 3 aliphatic rings. The molecule has 2 aliphatic heterocycles. The first-order valence-electron chi connectivity index (χ1n) is 12.8. The molecule has 1 aromatic carbocycles. The molecule has 1 aromatic heterocycles. The molecule has 9 nitrogen and oxygen atoms in total. The van der Waals surface area contributed by atoms with E-state index in [-0.39, 0.29) is 29.8 Å². The maximum absolute atomic E-state index is 13.5. The van der Waals surface area contributed by atoms with Crippen LogP contribution < -0.4 is 5.32 Å². The second-order valence-electron chi connectivity index (χ2n) is 10.6. The van der Waals surface area contributed by atoms with Crippen LogP contribution in [0.2, 0.25) is 0 Å². The molecule has 3 fully saturated rings. The highest BCUT2D eigenvalue weighted by atomic mass is 16.5. The van der Waals surface area contributed by atoms with E-state index < -0.39 is 5.54 Å². The third-order valence-electron chi connectivity index (χ3n) is 8.39. The molecule has 2 saturated heterocycles. The summed E-state index contributed by atoms with van der Waals surface area (Å²) in [4.78, 5) is 36.9. The fourth-order valence-corrected chi connectivity index (χ4v) is 5.95. The summed E-state index contributed by atoms with van der Waals surface area (Å²) in [5, 5.41) is 7.27. The van der Waals surface area contributed by atoms with Gasteiger partial charge in [-0.05, 0) is 38.5 Å². The molecule has 1 N–H and O–H groups in total. The Bertz CT molecular complexity index is 1070. The third-order valence-corrected chi connectivity index (χ3v) is 8.39. The lowest BCUT2D eigenvalue weighted by Gasteiger charge is -2.42. The number of aryl methyl sites for hydroxylation is 1. The number of hydrogen-bond acceptors (Lipinski definition) is 7. The zero-order valence-corrected chi connectivity index (χ0v) is 21.2. The predicted molar refractivity (Wildman–Crippen MR) is 131 cm³/mol. The zero-order chi connectivity index (χ0) is 24.7. The van der Waals surface area contributed by atoms with Crippen LogP contribution in [0.5, 0.6) is 0 Å². The van der Waals surface area contributed by atoms with E-state index in [0.717, 1.165) is 51.0 Å². The van der Waals surface area contributed by atoms with Gasteiger partial charge >= 0.3 is 6.03 Å². The minimum Gasteiger partial charge on any atom is -0.337 e. The van der Waals surface area contributed by atoms with E-state index in [1.807, 2.05) is 31.2 Å². The van der Waals surface area contributed by atoms with Gasteiger partial charge in [0.15, 0.2) is 0 Å². The lowest BCUT2D eigenvalue weighted by molar-refractivity contribution is -0.138. The number of hydrogen-bond donors (Lipinski definition) is 1. The Morgan fingerprint density at radius 2 is 1.74 bits per heavy atom. The van der Waals surface area contributed by atoms with Crippen LogP contribution in [0.3, 0.4) is 0 Å². The van der Waals surface area contributed by atoms with Gasteiger partial charge in [-0.3, -0.25) is 14.6 Å². The number of urea groups is 1. The summed E-state index contributed by atoms with van der Waals surface area (Å²) in [5.74, 6) is 1.47. The summed E-state index contributed by atoms with van der Waals surface area (Å²) in [5.41, 5.74) is 1.39. The van der Waals surface area contributed by atoms with Gasteiger partial charge in [-0.1, -0.05) is 55.3 Å². The molecular formula is C26H36N6O3. The Hall–Kier alpha value is -2.78. The molecule has 3 heterocycles. The van der Waals surface area contributed by atoms with E-state index in [2.05, 4.69) is 46.0 Å². The van der Waals surface area contributed by atoms with Crippen LogP contribution in [0.1, 0.15) is 57.5 Å². The van der Waals surface area contributed by atoms with Gasteiger partial charge in [-0.2, -0.15) is 4.98 Å². The molecule has 0 bridgehead atoms. The molecule has 5 rings (SSSR count). The molecule has 0 unspecified atom stereocenters. The van der Waals surface area contributed by atoms with Gasteiger partial charge in [-0.25, -0.2) is 9.69 Å². The summed E-state index contributed by atoms with van der Waals surface area (Å²) in [6.07, 6.45) is 3.06.